The molecule has 0 aromatic carbocycles. The molecule has 2 atom stereocenters. The molecule has 0 amide bonds. The Balaban J connectivity index is 2.35. The minimum absolute atomic E-state index is 0.154. The van der Waals surface area contributed by atoms with Gasteiger partial charge in [-0.05, 0) is 12.8 Å². The predicted molar refractivity (Wildman–Crippen MR) is 43.1 cm³/mol. The Hall–Kier alpha value is -0.320. The summed E-state index contributed by atoms with van der Waals surface area (Å²) in [6.45, 7) is 0. The summed E-state index contributed by atoms with van der Waals surface area (Å²) in [6.07, 6.45) is 3.68. The second kappa shape index (κ2) is 3.90. The van der Waals surface area contributed by atoms with Crippen molar-refractivity contribution in [2.45, 2.75) is 36.6 Å². The molecule has 1 saturated carbocycles. The first kappa shape index (κ1) is 8.77. The molecule has 5 heteroatoms. The highest BCUT2D eigenvalue weighted by atomic mass is 79.9. The summed E-state index contributed by atoms with van der Waals surface area (Å²) in [5.41, 5.74) is 0. The van der Waals surface area contributed by atoms with Gasteiger partial charge >= 0.3 is 0 Å². The lowest BCUT2D eigenvalue weighted by Crippen LogP contribution is -2.29. The maximum atomic E-state index is 9.98. The quantitative estimate of drug-likeness (QED) is 0.409. The molecule has 0 heterocycles. The fourth-order valence-corrected chi connectivity index (χ4v) is 1.97. The maximum absolute atomic E-state index is 9.98. The van der Waals surface area contributed by atoms with Crippen LogP contribution in [-0.4, -0.2) is 16.0 Å². The largest absolute Gasteiger partial charge is 0.309 e. The van der Waals surface area contributed by atoms with Crippen molar-refractivity contribution in [1.82, 2.24) is 0 Å². The first-order chi connectivity index (χ1) is 5.20. The van der Waals surface area contributed by atoms with E-state index in [2.05, 4.69) is 20.8 Å². The van der Waals surface area contributed by atoms with Crippen LogP contribution in [0.4, 0.5) is 0 Å². The molecule has 0 radical (unpaired) electrons. The van der Waals surface area contributed by atoms with Crippen LogP contribution in [0.15, 0.2) is 0 Å². The molecule has 1 aliphatic carbocycles. The molecule has 1 aliphatic rings. The van der Waals surface area contributed by atoms with Crippen molar-refractivity contribution in [2.24, 2.45) is 0 Å². The fraction of sp³-hybridized carbons (Fsp3) is 1.00. The van der Waals surface area contributed by atoms with E-state index in [1.54, 1.807) is 0 Å². The Morgan fingerprint density at radius 3 is 2.64 bits per heavy atom. The van der Waals surface area contributed by atoms with Gasteiger partial charge in [0.25, 0.3) is 5.09 Å². The Morgan fingerprint density at radius 2 is 2.09 bits per heavy atom. The summed E-state index contributed by atoms with van der Waals surface area (Å²) in [7, 11) is 0. The molecule has 0 saturated heterocycles. The van der Waals surface area contributed by atoms with Crippen LogP contribution in [0.2, 0.25) is 0 Å². The van der Waals surface area contributed by atoms with Crippen LogP contribution in [0, 0.1) is 10.1 Å². The van der Waals surface area contributed by atoms with Crippen LogP contribution in [0.1, 0.15) is 25.7 Å². The highest BCUT2D eigenvalue weighted by Gasteiger charge is 2.25. The Morgan fingerprint density at radius 1 is 1.45 bits per heavy atom. The van der Waals surface area contributed by atoms with Gasteiger partial charge < -0.3 is 4.84 Å². The van der Waals surface area contributed by atoms with Gasteiger partial charge in [-0.25, -0.2) is 0 Å². The van der Waals surface area contributed by atoms with Gasteiger partial charge in [-0.15, -0.1) is 10.1 Å². The van der Waals surface area contributed by atoms with Crippen LogP contribution < -0.4 is 0 Å². The molecule has 0 aromatic heterocycles. The lowest BCUT2D eigenvalue weighted by Gasteiger charge is -2.24. The highest BCUT2D eigenvalue weighted by molar-refractivity contribution is 9.09. The minimum Gasteiger partial charge on any atom is -0.309 e. The molecule has 0 bridgehead atoms. The van der Waals surface area contributed by atoms with E-state index in [9.17, 15) is 10.1 Å². The molecular weight excluding hydrogens is 214 g/mol. The average Bonchev–Trinajstić information content (AvgIpc) is 1.93. The van der Waals surface area contributed by atoms with Crippen molar-refractivity contribution in [2.75, 3.05) is 0 Å². The van der Waals surface area contributed by atoms with Crippen LogP contribution in [0.3, 0.4) is 0 Å². The van der Waals surface area contributed by atoms with E-state index in [4.69, 9.17) is 0 Å². The van der Waals surface area contributed by atoms with E-state index in [1.165, 1.54) is 0 Å². The Bertz CT molecular complexity index is 153. The van der Waals surface area contributed by atoms with E-state index in [0.29, 0.717) is 0 Å². The van der Waals surface area contributed by atoms with Gasteiger partial charge in [-0.2, -0.15) is 0 Å². The van der Waals surface area contributed by atoms with Crippen LogP contribution >= 0.6 is 15.9 Å². The normalized spacial score (nSPS) is 31.4. The summed E-state index contributed by atoms with van der Waals surface area (Å²) in [5.74, 6) is 0. The Kier molecular flexibility index (Phi) is 3.11. The molecule has 0 N–H and O–H groups in total. The zero-order chi connectivity index (χ0) is 8.27. The second-order valence-electron chi connectivity index (χ2n) is 2.67. The van der Waals surface area contributed by atoms with Gasteiger partial charge in [0.15, 0.2) is 0 Å². The van der Waals surface area contributed by atoms with Gasteiger partial charge in [0.05, 0.1) is 0 Å². The molecule has 4 nitrogen and oxygen atoms in total. The summed E-state index contributed by atoms with van der Waals surface area (Å²) in [5, 5.41) is 9.27. The number of halogens is 1. The second-order valence-corrected chi connectivity index (χ2v) is 3.84. The number of hydrogen-bond donors (Lipinski definition) is 0. The smallest absolute Gasteiger partial charge is 0.294 e. The first-order valence-electron chi connectivity index (χ1n) is 3.65. The molecule has 0 spiro atoms. The molecule has 0 aliphatic heterocycles. The minimum atomic E-state index is -0.704. The summed E-state index contributed by atoms with van der Waals surface area (Å²) >= 11 is 3.35. The van der Waals surface area contributed by atoms with Crippen LogP contribution in [0.25, 0.3) is 0 Å². The standard InChI is InChI=1S/C6H10BrNO3/c7-5-3-1-2-4-6(5)11-8(9)10/h5-6H,1-4H2/t5-,6-/m0/s1. The monoisotopic (exact) mass is 223 g/mol. The average molecular weight is 224 g/mol. The number of hydrogen-bond acceptors (Lipinski definition) is 3. The number of nitrogens with zero attached hydrogens (tertiary/aromatic N) is 1. The van der Waals surface area contributed by atoms with E-state index < -0.39 is 5.09 Å². The molecule has 0 unspecified atom stereocenters. The Labute approximate surface area is 73.1 Å². The summed E-state index contributed by atoms with van der Waals surface area (Å²) in [4.78, 5) is 14.6. The van der Waals surface area contributed by atoms with E-state index >= 15 is 0 Å². The van der Waals surface area contributed by atoms with Crippen molar-refractivity contribution in [3.8, 4) is 0 Å². The maximum Gasteiger partial charge on any atom is 0.294 e. The topological polar surface area (TPSA) is 52.4 Å². The molecule has 1 rings (SSSR count). The van der Waals surface area contributed by atoms with Gasteiger partial charge in [0.1, 0.15) is 6.10 Å². The molecule has 64 valence electrons. The van der Waals surface area contributed by atoms with Crippen LogP contribution in [0.5, 0.6) is 0 Å². The van der Waals surface area contributed by atoms with Crippen molar-refractivity contribution in [1.29, 1.82) is 0 Å². The lowest BCUT2D eigenvalue weighted by atomic mass is 9.98. The number of alkyl halides is 1. The third kappa shape index (κ3) is 2.65. The third-order valence-corrected chi connectivity index (χ3v) is 2.89. The molecular formula is C6H10BrNO3. The van der Waals surface area contributed by atoms with E-state index in [1.807, 2.05) is 0 Å². The summed E-state index contributed by atoms with van der Waals surface area (Å²) in [6, 6.07) is 0. The van der Waals surface area contributed by atoms with E-state index in [0.717, 1.165) is 25.7 Å². The first-order valence-corrected chi connectivity index (χ1v) is 4.57. The third-order valence-electron chi connectivity index (χ3n) is 1.84. The fourth-order valence-electron chi connectivity index (χ4n) is 1.28. The van der Waals surface area contributed by atoms with Crippen molar-refractivity contribution < 1.29 is 9.92 Å². The van der Waals surface area contributed by atoms with Crippen molar-refractivity contribution >= 4 is 15.9 Å². The van der Waals surface area contributed by atoms with Gasteiger partial charge in [-0.3, -0.25) is 0 Å². The molecule has 0 aromatic rings. The van der Waals surface area contributed by atoms with Gasteiger partial charge in [0.2, 0.25) is 0 Å². The lowest BCUT2D eigenvalue weighted by molar-refractivity contribution is -0.768. The molecule has 11 heavy (non-hydrogen) atoms. The van der Waals surface area contributed by atoms with Crippen molar-refractivity contribution in [3.63, 3.8) is 0 Å². The van der Waals surface area contributed by atoms with Gasteiger partial charge in [0, 0.05) is 4.83 Å². The predicted octanol–water partition coefficient (Wildman–Crippen LogP) is 1.90. The zero-order valence-electron chi connectivity index (χ0n) is 6.03. The number of rotatable bonds is 2. The van der Waals surface area contributed by atoms with Gasteiger partial charge in [-0.1, -0.05) is 28.8 Å². The van der Waals surface area contributed by atoms with E-state index in [-0.39, 0.29) is 10.9 Å². The van der Waals surface area contributed by atoms with Crippen LogP contribution in [-0.2, 0) is 4.84 Å². The highest BCUT2D eigenvalue weighted by Crippen LogP contribution is 2.26. The zero-order valence-corrected chi connectivity index (χ0v) is 7.62. The SMILES string of the molecule is O=[N+]([O-])O[C@H]1CCCC[C@@H]1Br. The van der Waals surface area contributed by atoms with Crippen molar-refractivity contribution in [3.05, 3.63) is 10.1 Å². The molecule has 1 fully saturated rings. The summed E-state index contributed by atoms with van der Waals surface area (Å²) < 4.78 is 0.